The summed E-state index contributed by atoms with van der Waals surface area (Å²) in [6.07, 6.45) is 10.1. The van der Waals surface area contributed by atoms with Crippen LogP contribution in [0.15, 0.2) is 163 Å². The first kappa shape index (κ1) is 45.5. The summed E-state index contributed by atoms with van der Waals surface area (Å²) in [7, 11) is 0. The molecule has 2 amide bonds. The first-order valence-electron chi connectivity index (χ1n) is 23.4. The number of Topliss-reactive ketones (excluding diaryl/α,β-unsaturated/α-hetero) is 1. The molecule has 2 unspecified atom stereocenters. The highest BCUT2D eigenvalue weighted by Gasteiger charge is 2.27. The molecule has 2 atom stereocenters. The van der Waals surface area contributed by atoms with Crippen molar-refractivity contribution in [2.75, 3.05) is 0 Å². The second-order valence-electron chi connectivity index (χ2n) is 17.5. The van der Waals surface area contributed by atoms with Gasteiger partial charge in [0.25, 0.3) is 0 Å². The van der Waals surface area contributed by atoms with Crippen molar-refractivity contribution in [2.45, 2.75) is 102 Å². The molecule has 10 rings (SSSR count). The maximum atomic E-state index is 12.5. The number of fused-ring (bicyclic) bond motifs is 4. The third-order valence-corrected chi connectivity index (χ3v) is 12.9. The summed E-state index contributed by atoms with van der Waals surface area (Å²) in [4.78, 5) is 47.6. The average molecular weight is 879 g/mol. The molecular weight excluding hydrogens is 821 g/mol. The van der Waals surface area contributed by atoms with Gasteiger partial charge in [0.15, 0.2) is 5.78 Å². The van der Waals surface area contributed by atoms with Gasteiger partial charge in [-0.15, -0.1) is 0 Å². The number of nitrogens with one attached hydrogen (secondary N) is 2. The van der Waals surface area contributed by atoms with Crippen molar-refractivity contribution >= 4 is 29.3 Å². The Labute approximate surface area is 388 Å². The van der Waals surface area contributed by atoms with E-state index in [4.69, 9.17) is 9.47 Å². The van der Waals surface area contributed by atoms with Gasteiger partial charge >= 0.3 is 12.2 Å². The minimum absolute atomic E-state index is 0.0606. The number of benzene rings is 6. The van der Waals surface area contributed by atoms with Crippen molar-refractivity contribution in [3.63, 3.8) is 0 Å². The van der Waals surface area contributed by atoms with Crippen molar-refractivity contribution in [2.24, 2.45) is 0 Å². The molecule has 0 spiro atoms. The lowest BCUT2D eigenvalue weighted by molar-refractivity contribution is -0.120. The fraction of sp³-hybridized carbons (Fsp3) is 0.276. The molecule has 0 radical (unpaired) electrons. The molecule has 2 fully saturated rings. The predicted molar refractivity (Wildman–Crippen MR) is 259 cm³/mol. The molecule has 4 aliphatic rings. The van der Waals surface area contributed by atoms with Crippen LogP contribution in [0.1, 0.15) is 112 Å². The molecule has 4 aliphatic carbocycles. The molecule has 66 heavy (non-hydrogen) atoms. The number of rotatable bonds is 6. The number of alkyl carbamates (subject to hydrolysis) is 2. The summed E-state index contributed by atoms with van der Waals surface area (Å²) in [6, 6.07) is 52.9. The Kier molecular flexibility index (Phi) is 15.7. The van der Waals surface area contributed by atoms with Gasteiger partial charge in [-0.2, -0.15) is 0 Å². The van der Waals surface area contributed by atoms with Crippen LogP contribution in [0.4, 0.5) is 9.59 Å². The molecule has 336 valence electrons. The Morgan fingerprint density at radius 2 is 0.818 bits per heavy atom. The lowest BCUT2D eigenvalue weighted by Gasteiger charge is -2.28. The van der Waals surface area contributed by atoms with E-state index in [1.54, 1.807) is 0 Å². The summed E-state index contributed by atoms with van der Waals surface area (Å²) < 4.78 is 10.6. The van der Waals surface area contributed by atoms with Crippen LogP contribution in [-0.4, -0.2) is 35.8 Å². The van der Waals surface area contributed by atoms with Crippen molar-refractivity contribution in [3.05, 3.63) is 219 Å². The first-order chi connectivity index (χ1) is 32.4. The van der Waals surface area contributed by atoms with E-state index in [2.05, 4.69) is 71.3 Å². The number of carbonyl (C=O) groups excluding carboxylic acids is 4. The van der Waals surface area contributed by atoms with E-state index in [1.165, 1.54) is 44.5 Å². The van der Waals surface area contributed by atoms with E-state index in [9.17, 15) is 19.2 Å². The topological polar surface area (TPSA) is 111 Å². The molecule has 8 nitrogen and oxygen atoms in total. The molecule has 0 saturated heterocycles. The molecule has 6 aromatic rings. The third kappa shape index (κ3) is 12.2. The number of hydrogen-bond acceptors (Lipinski definition) is 6. The van der Waals surface area contributed by atoms with Gasteiger partial charge in [-0.1, -0.05) is 163 Å². The SMILES string of the molecule is O=C(NC1CCCC(=C2c3ccccc3CCc3ccccc32)C1)OCc1ccccc1.O=C1CCCC(NC(=O)OCc2ccccc2)C1.O=C1c2ccccc2CCc2ccccc21. The molecule has 0 heterocycles. The van der Waals surface area contributed by atoms with Gasteiger partial charge in [0, 0.05) is 36.1 Å². The number of carbonyl (C=O) groups is 4. The zero-order valence-electron chi connectivity index (χ0n) is 37.5. The van der Waals surface area contributed by atoms with Gasteiger partial charge in [0.05, 0.1) is 0 Å². The van der Waals surface area contributed by atoms with Crippen LogP contribution >= 0.6 is 0 Å². The Morgan fingerprint density at radius 1 is 0.439 bits per heavy atom. The lowest BCUT2D eigenvalue weighted by Crippen LogP contribution is -2.38. The second-order valence-corrected chi connectivity index (χ2v) is 17.5. The fourth-order valence-electron chi connectivity index (χ4n) is 9.52. The summed E-state index contributed by atoms with van der Waals surface area (Å²) in [5, 5.41) is 5.86. The lowest BCUT2D eigenvalue weighted by atomic mass is 9.82. The van der Waals surface area contributed by atoms with Gasteiger partial charge in [0.2, 0.25) is 0 Å². The number of ketones is 2. The number of hydrogen-bond donors (Lipinski definition) is 2. The van der Waals surface area contributed by atoms with Crippen molar-refractivity contribution in [1.29, 1.82) is 0 Å². The van der Waals surface area contributed by atoms with Gasteiger partial charge in [-0.25, -0.2) is 9.59 Å². The standard InChI is InChI=1S/C29H29NO2.C15H12O.C14H17NO3/c31-29(32-20-21-9-2-1-3-10-21)30-25-14-8-13-24(19-25)28-26-15-6-4-11-22(26)17-18-23-12-5-7-16-27(23)28;16-15-13-7-3-1-5-11(13)9-10-12-6-2-4-8-14(12)15;16-13-8-4-7-12(9-13)15-14(17)18-10-11-5-2-1-3-6-11/h1-7,9-12,15-16,25H,8,13-14,17-20H2,(H,30,31);1-8H,9-10H2;1-3,5-6,12H,4,7-10H2,(H,15,17). The highest BCUT2D eigenvalue weighted by molar-refractivity contribution is 6.11. The van der Waals surface area contributed by atoms with Crippen LogP contribution < -0.4 is 10.6 Å². The molecule has 6 aromatic carbocycles. The molecule has 2 saturated carbocycles. The highest BCUT2D eigenvalue weighted by atomic mass is 16.6. The average Bonchev–Trinajstić information content (AvgIpc) is 3.62. The van der Waals surface area contributed by atoms with Crippen LogP contribution in [0.5, 0.6) is 0 Å². The highest BCUT2D eigenvalue weighted by Crippen LogP contribution is 2.40. The van der Waals surface area contributed by atoms with Crippen LogP contribution in [0, 0.1) is 0 Å². The van der Waals surface area contributed by atoms with Crippen LogP contribution in [-0.2, 0) is 53.2 Å². The Morgan fingerprint density at radius 3 is 1.27 bits per heavy atom. The van der Waals surface area contributed by atoms with Crippen LogP contribution in [0.25, 0.3) is 5.57 Å². The molecule has 2 N–H and O–H groups in total. The summed E-state index contributed by atoms with van der Waals surface area (Å²) in [6.45, 7) is 0.557. The fourth-order valence-corrected chi connectivity index (χ4v) is 9.52. The minimum atomic E-state index is -0.446. The normalized spacial score (nSPS) is 17.2. The monoisotopic (exact) mass is 878 g/mol. The maximum Gasteiger partial charge on any atom is 0.407 e. The predicted octanol–water partition coefficient (Wildman–Crippen LogP) is 11.9. The van der Waals surface area contributed by atoms with Crippen LogP contribution in [0.2, 0.25) is 0 Å². The maximum absolute atomic E-state index is 12.5. The summed E-state index contributed by atoms with van der Waals surface area (Å²) in [5.41, 5.74) is 14.4. The van der Waals surface area contributed by atoms with E-state index in [-0.39, 0.29) is 36.4 Å². The van der Waals surface area contributed by atoms with E-state index < -0.39 is 6.09 Å². The molecule has 8 heteroatoms. The van der Waals surface area contributed by atoms with Crippen molar-refractivity contribution in [1.82, 2.24) is 10.6 Å². The molecule has 0 bridgehead atoms. The van der Waals surface area contributed by atoms with E-state index >= 15 is 0 Å². The minimum Gasteiger partial charge on any atom is -0.445 e. The van der Waals surface area contributed by atoms with Gasteiger partial charge in [0.1, 0.15) is 19.0 Å². The molecule has 0 aromatic heterocycles. The van der Waals surface area contributed by atoms with Gasteiger partial charge in [-0.3, -0.25) is 9.59 Å². The smallest absolute Gasteiger partial charge is 0.407 e. The summed E-state index contributed by atoms with van der Waals surface area (Å²) in [5.74, 6) is 0.387. The third-order valence-electron chi connectivity index (χ3n) is 12.9. The number of aryl methyl sites for hydroxylation is 4. The van der Waals surface area contributed by atoms with Crippen molar-refractivity contribution in [3.8, 4) is 0 Å². The first-order valence-corrected chi connectivity index (χ1v) is 23.4. The van der Waals surface area contributed by atoms with E-state index in [0.29, 0.717) is 19.4 Å². The second kappa shape index (κ2) is 22.7. The van der Waals surface area contributed by atoms with Gasteiger partial charge in [-0.05, 0) is 114 Å². The molecular formula is C58H58N2O6. The van der Waals surface area contributed by atoms with Gasteiger partial charge < -0.3 is 20.1 Å². The Bertz CT molecular complexity index is 2560. The van der Waals surface area contributed by atoms with E-state index in [1.807, 2.05) is 97.1 Å². The summed E-state index contributed by atoms with van der Waals surface area (Å²) >= 11 is 0. The zero-order valence-corrected chi connectivity index (χ0v) is 37.5. The van der Waals surface area contributed by atoms with E-state index in [0.717, 1.165) is 86.5 Å². The number of amides is 2. The quantitative estimate of drug-likeness (QED) is 0.172. The number of ether oxygens (including phenoxy) is 2. The van der Waals surface area contributed by atoms with Crippen LogP contribution in [0.3, 0.4) is 0 Å². The van der Waals surface area contributed by atoms with Crippen molar-refractivity contribution < 1.29 is 28.7 Å². The Balaban J connectivity index is 0.000000147. The Hall–Kier alpha value is -7.06. The largest absolute Gasteiger partial charge is 0.445 e. The molecule has 0 aliphatic heterocycles. The zero-order chi connectivity index (χ0) is 45.5.